The maximum atomic E-state index is 13.4. The molecule has 1 saturated carbocycles. The van der Waals surface area contributed by atoms with Gasteiger partial charge in [-0.15, -0.1) is 0 Å². The second-order valence-corrected chi connectivity index (χ2v) is 4.97. The molecule has 0 heterocycles. The smallest absolute Gasteiger partial charge is 0.319 e. The summed E-state index contributed by atoms with van der Waals surface area (Å²) >= 11 is 0. The van der Waals surface area contributed by atoms with Gasteiger partial charge in [0.05, 0.1) is 17.8 Å². The predicted octanol–water partition coefficient (Wildman–Crippen LogP) is 2.53. The number of nitrogens with one attached hydrogen (secondary N) is 2. The predicted molar refractivity (Wildman–Crippen MR) is 66.8 cm³/mol. The monoisotopic (exact) mass is 288 g/mol. The second-order valence-electron chi connectivity index (χ2n) is 4.97. The van der Waals surface area contributed by atoms with E-state index in [1.54, 1.807) is 0 Å². The van der Waals surface area contributed by atoms with Gasteiger partial charge in [0, 0.05) is 12.1 Å². The van der Waals surface area contributed by atoms with Crippen molar-refractivity contribution in [2.45, 2.75) is 31.2 Å². The fourth-order valence-electron chi connectivity index (χ4n) is 2.39. The van der Waals surface area contributed by atoms with Crippen molar-refractivity contribution in [3.63, 3.8) is 0 Å². The fraction of sp³-hybridized carbons (Fsp3) is 0.462. The summed E-state index contributed by atoms with van der Waals surface area (Å²) in [5, 5.41) is 14.0. The molecule has 1 aliphatic carbocycles. The zero-order valence-electron chi connectivity index (χ0n) is 10.7. The lowest BCUT2D eigenvalue weighted by Gasteiger charge is -2.28. The highest BCUT2D eigenvalue weighted by Crippen LogP contribution is 2.29. The number of aliphatic hydroxyl groups is 1. The highest BCUT2D eigenvalue weighted by molar-refractivity contribution is 5.90. The number of hydrogen-bond donors (Lipinski definition) is 3. The standard InChI is InChI=1S/C13H15F3N2O2/c14-8-5-10(16)11(6-9(8)15)17-12(20)18-13(7-19)3-1-2-4-13/h5-6,19H,1-4,7H2,(H2,17,18,20). The molecule has 0 unspecified atom stereocenters. The third-order valence-electron chi connectivity index (χ3n) is 3.50. The van der Waals surface area contributed by atoms with E-state index in [-0.39, 0.29) is 6.61 Å². The van der Waals surface area contributed by atoms with Gasteiger partial charge in [-0.05, 0) is 12.8 Å². The minimum absolute atomic E-state index is 0.222. The lowest BCUT2D eigenvalue weighted by atomic mass is 9.99. The number of carbonyl (C=O) groups is 1. The number of aliphatic hydroxyl groups excluding tert-OH is 1. The summed E-state index contributed by atoms with van der Waals surface area (Å²) < 4.78 is 39.1. The van der Waals surface area contributed by atoms with E-state index < -0.39 is 34.7 Å². The molecule has 0 aromatic heterocycles. The first-order valence-corrected chi connectivity index (χ1v) is 6.30. The Bertz CT molecular complexity index is 517. The number of amides is 2. The Hall–Kier alpha value is -1.76. The fourth-order valence-corrected chi connectivity index (χ4v) is 2.39. The molecule has 0 aliphatic heterocycles. The normalized spacial score (nSPS) is 17.0. The van der Waals surface area contributed by atoms with Crippen LogP contribution in [0.2, 0.25) is 0 Å². The van der Waals surface area contributed by atoms with E-state index in [2.05, 4.69) is 10.6 Å². The average Bonchev–Trinajstić information content (AvgIpc) is 2.85. The van der Waals surface area contributed by atoms with Gasteiger partial charge in [0.2, 0.25) is 0 Å². The molecular weight excluding hydrogens is 273 g/mol. The van der Waals surface area contributed by atoms with Crippen LogP contribution in [0, 0.1) is 17.5 Å². The molecule has 1 aromatic carbocycles. The van der Waals surface area contributed by atoms with Gasteiger partial charge in [-0.1, -0.05) is 12.8 Å². The molecule has 2 amide bonds. The zero-order valence-corrected chi connectivity index (χ0v) is 10.7. The van der Waals surface area contributed by atoms with Gasteiger partial charge in [-0.3, -0.25) is 0 Å². The Balaban J connectivity index is 2.06. The van der Waals surface area contributed by atoms with Gasteiger partial charge in [-0.25, -0.2) is 18.0 Å². The van der Waals surface area contributed by atoms with Crippen LogP contribution in [0.5, 0.6) is 0 Å². The Labute approximate surface area is 114 Å². The number of urea groups is 1. The van der Waals surface area contributed by atoms with Crippen molar-refractivity contribution in [1.82, 2.24) is 5.32 Å². The van der Waals surface area contributed by atoms with Gasteiger partial charge >= 0.3 is 6.03 Å². The molecule has 4 nitrogen and oxygen atoms in total. The number of halogens is 3. The molecule has 20 heavy (non-hydrogen) atoms. The highest BCUT2D eigenvalue weighted by atomic mass is 19.2. The molecule has 2 rings (SSSR count). The van der Waals surface area contributed by atoms with E-state index in [1.165, 1.54) is 0 Å². The van der Waals surface area contributed by atoms with Crippen LogP contribution in [-0.2, 0) is 0 Å². The van der Waals surface area contributed by atoms with E-state index in [9.17, 15) is 23.1 Å². The number of benzene rings is 1. The van der Waals surface area contributed by atoms with Crippen LogP contribution in [0.25, 0.3) is 0 Å². The first kappa shape index (κ1) is 14.6. The zero-order chi connectivity index (χ0) is 14.8. The van der Waals surface area contributed by atoms with Crippen LogP contribution in [0.3, 0.4) is 0 Å². The summed E-state index contributed by atoms with van der Waals surface area (Å²) in [6, 6.07) is 0.179. The van der Waals surface area contributed by atoms with E-state index >= 15 is 0 Å². The van der Waals surface area contributed by atoms with Gasteiger partial charge in [-0.2, -0.15) is 0 Å². The lowest BCUT2D eigenvalue weighted by molar-refractivity contribution is 0.167. The van der Waals surface area contributed by atoms with Crippen LogP contribution < -0.4 is 10.6 Å². The van der Waals surface area contributed by atoms with Crippen molar-refractivity contribution in [2.75, 3.05) is 11.9 Å². The summed E-state index contributed by atoms with van der Waals surface area (Å²) in [4.78, 5) is 11.8. The first-order valence-electron chi connectivity index (χ1n) is 6.30. The SMILES string of the molecule is O=C(Nc1cc(F)c(F)cc1F)NC1(CO)CCCC1. The van der Waals surface area contributed by atoms with Crippen molar-refractivity contribution in [1.29, 1.82) is 0 Å². The lowest BCUT2D eigenvalue weighted by Crippen LogP contribution is -2.50. The molecule has 0 atom stereocenters. The molecule has 1 fully saturated rings. The molecule has 110 valence electrons. The molecule has 0 spiro atoms. The quantitative estimate of drug-likeness (QED) is 0.748. The molecule has 0 saturated heterocycles. The number of rotatable bonds is 3. The highest BCUT2D eigenvalue weighted by Gasteiger charge is 2.34. The van der Waals surface area contributed by atoms with Crippen molar-refractivity contribution >= 4 is 11.7 Å². The maximum Gasteiger partial charge on any atom is 0.319 e. The van der Waals surface area contributed by atoms with Crippen LogP contribution in [-0.4, -0.2) is 23.3 Å². The van der Waals surface area contributed by atoms with Gasteiger partial charge in [0.1, 0.15) is 5.82 Å². The number of anilines is 1. The first-order chi connectivity index (χ1) is 9.46. The van der Waals surface area contributed by atoms with Crippen LogP contribution in [0.4, 0.5) is 23.7 Å². The molecule has 0 radical (unpaired) electrons. The van der Waals surface area contributed by atoms with E-state index in [4.69, 9.17) is 0 Å². The van der Waals surface area contributed by atoms with Crippen molar-refractivity contribution in [3.8, 4) is 0 Å². The second kappa shape index (κ2) is 5.70. The Morgan fingerprint density at radius 1 is 1.15 bits per heavy atom. The van der Waals surface area contributed by atoms with Gasteiger partial charge in [0.25, 0.3) is 0 Å². The topological polar surface area (TPSA) is 61.4 Å². The minimum atomic E-state index is -1.32. The van der Waals surface area contributed by atoms with E-state index in [0.29, 0.717) is 25.0 Å². The number of carbonyl (C=O) groups excluding carboxylic acids is 1. The van der Waals surface area contributed by atoms with Crippen molar-refractivity contribution in [3.05, 3.63) is 29.6 Å². The summed E-state index contributed by atoms with van der Waals surface area (Å²) in [7, 11) is 0. The Morgan fingerprint density at radius 3 is 2.35 bits per heavy atom. The molecular formula is C13H15F3N2O2. The number of hydrogen-bond acceptors (Lipinski definition) is 2. The summed E-state index contributed by atoms with van der Waals surface area (Å²) in [6.07, 6.45) is 3.00. The van der Waals surface area contributed by atoms with Crippen molar-refractivity contribution < 1.29 is 23.1 Å². The Morgan fingerprint density at radius 2 is 1.75 bits per heavy atom. The largest absolute Gasteiger partial charge is 0.394 e. The molecule has 7 heteroatoms. The summed E-state index contributed by atoms with van der Waals surface area (Å²) in [6.45, 7) is -0.222. The van der Waals surface area contributed by atoms with Crippen molar-refractivity contribution in [2.24, 2.45) is 0 Å². The van der Waals surface area contributed by atoms with Gasteiger partial charge < -0.3 is 15.7 Å². The maximum absolute atomic E-state index is 13.4. The van der Waals surface area contributed by atoms with Crippen LogP contribution in [0.15, 0.2) is 12.1 Å². The third-order valence-corrected chi connectivity index (χ3v) is 3.50. The molecule has 1 aliphatic rings. The van der Waals surface area contributed by atoms with Gasteiger partial charge in [0.15, 0.2) is 11.6 Å². The molecule has 0 bridgehead atoms. The minimum Gasteiger partial charge on any atom is -0.394 e. The van der Waals surface area contributed by atoms with E-state index in [1.807, 2.05) is 0 Å². The molecule has 3 N–H and O–H groups in total. The van der Waals surface area contributed by atoms with E-state index in [0.717, 1.165) is 12.8 Å². The van der Waals surface area contributed by atoms with Crippen LogP contribution >= 0.6 is 0 Å². The summed E-state index contributed by atoms with van der Waals surface area (Å²) in [5.74, 6) is -3.64. The average molecular weight is 288 g/mol. The van der Waals surface area contributed by atoms with Crippen LogP contribution in [0.1, 0.15) is 25.7 Å². The molecule has 1 aromatic rings. The third kappa shape index (κ3) is 3.04. The summed E-state index contributed by atoms with van der Waals surface area (Å²) in [5.41, 5.74) is -1.17. The Kier molecular flexibility index (Phi) is 4.17.